The molecule has 0 aliphatic rings. The molecule has 3 N–H and O–H groups in total. The summed E-state index contributed by atoms with van der Waals surface area (Å²) >= 11 is 1.79. The highest BCUT2D eigenvalue weighted by Crippen LogP contribution is 2.09. The third-order valence-corrected chi connectivity index (χ3v) is 3.28. The van der Waals surface area contributed by atoms with Crippen LogP contribution in [0.5, 0.6) is 0 Å². The lowest BCUT2D eigenvalue weighted by atomic mass is 10.2. The second-order valence-electron chi connectivity index (χ2n) is 4.16. The molecule has 1 aromatic carbocycles. The Bertz CT molecular complexity index is 468. The second-order valence-corrected chi connectivity index (χ2v) is 5.14. The molecule has 22 heavy (non-hydrogen) atoms. The maximum Gasteiger partial charge on any atom is 0.411 e. The number of methoxy groups -OCH3 is 1. The zero-order valence-electron chi connectivity index (χ0n) is 13.0. The predicted octanol–water partition coefficient (Wildman–Crippen LogP) is 2.51. The Morgan fingerprint density at radius 2 is 1.95 bits per heavy atom. The maximum atomic E-state index is 11.1. The summed E-state index contributed by atoms with van der Waals surface area (Å²) in [5, 5.41) is 9.07. The number of carbonyl (C=O) groups is 1. The lowest BCUT2D eigenvalue weighted by Gasteiger charge is -2.11. The summed E-state index contributed by atoms with van der Waals surface area (Å²) in [5.41, 5.74) is 1.80. The van der Waals surface area contributed by atoms with Gasteiger partial charge in [-0.25, -0.2) is 4.79 Å². The topological polar surface area (TPSA) is 74.8 Å². The molecule has 0 aliphatic heterocycles. The molecule has 8 heteroatoms. The number of nitrogens with zero attached hydrogens (tertiary/aromatic N) is 1. The molecule has 0 spiro atoms. The van der Waals surface area contributed by atoms with Crippen molar-refractivity contribution in [3.05, 3.63) is 29.8 Å². The van der Waals surface area contributed by atoms with Gasteiger partial charge in [-0.3, -0.25) is 10.3 Å². The fourth-order valence-electron chi connectivity index (χ4n) is 1.55. The van der Waals surface area contributed by atoms with E-state index >= 15 is 0 Å². The van der Waals surface area contributed by atoms with E-state index in [0.29, 0.717) is 12.2 Å². The molecule has 1 aromatic rings. The molecule has 0 unspecified atom stereocenters. The molecule has 0 heterocycles. The Labute approximate surface area is 152 Å². The first-order chi connectivity index (χ1) is 10.2. The highest BCUT2D eigenvalue weighted by Gasteiger charge is 2.01. The maximum absolute atomic E-state index is 11.1. The quantitative estimate of drug-likeness (QED) is 0.276. The Kier molecular flexibility index (Phi) is 11.7. The normalized spacial score (nSPS) is 10.4. The molecule has 0 saturated carbocycles. The van der Waals surface area contributed by atoms with Crippen molar-refractivity contribution in [3.8, 4) is 0 Å². The number of carbonyl (C=O) groups excluding carboxylic acids is 1. The van der Waals surface area contributed by atoms with Gasteiger partial charge in [0.25, 0.3) is 0 Å². The van der Waals surface area contributed by atoms with Crippen LogP contribution in [0.3, 0.4) is 0 Å². The summed E-state index contributed by atoms with van der Waals surface area (Å²) in [6, 6.07) is 7.54. The largest absolute Gasteiger partial charge is 0.453 e. The Hall–Kier alpha value is -1.16. The van der Waals surface area contributed by atoms with E-state index in [2.05, 4.69) is 31.9 Å². The van der Waals surface area contributed by atoms with Gasteiger partial charge in [0.05, 0.1) is 7.11 Å². The third-order valence-electron chi connectivity index (χ3n) is 2.67. The van der Waals surface area contributed by atoms with Gasteiger partial charge in [0, 0.05) is 31.6 Å². The summed E-state index contributed by atoms with van der Waals surface area (Å²) in [6.07, 6.45) is 1.60. The van der Waals surface area contributed by atoms with Gasteiger partial charge in [-0.15, -0.1) is 24.0 Å². The van der Waals surface area contributed by atoms with Crippen LogP contribution in [0, 0.1) is 0 Å². The van der Waals surface area contributed by atoms with Crippen LogP contribution >= 0.6 is 35.7 Å². The van der Waals surface area contributed by atoms with Gasteiger partial charge in [0.1, 0.15) is 0 Å². The monoisotopic (exact) mass is 438 g/mol. The summed E-state index contributed by atoms with van der Waals surface area (Å²) in [6.45, 7) is 1.54. The number of guanidine groups is 1. The van der Waals surface area contributed by atoms with Gasteiger partial charge in [0.15, 0.2) is 5.96 Å². The first-order valence-electron chi connectivity index (χ1n) is 6.57. The van der Waals surface area contributed by atoms with Gasteiger partial charge >= 0.3 is 6.09 Å². The fraction of sp³-hybridized carbons (Fsp3) is 0.429. The van der Waals surface area contributed by atoms with Crippen molar-refractivity contribution in [2.24, 2.45) is 4.99 Å². The first kappa shape index (κ1) is 20.8. The van der Waals surface area contributed by atoms with E-state index in [1.54, 1.807) is 18.8 Å². The van der Waals surface area contributed by atoms with Crippen molar-refractivity contribution in [2.75, 3.05) is 38.0 Å². The highest BCUT2D eigenvalue weighted by molar-refractivity contribution is 14.0. The van der Waals surface area contributed by atoms with Crippen LogP contribution in [0.15, 0.2) is 29.3 Å². The third kappa shape index (κ3) is 8.32. The van der Waals surface area contributed by atoms with E-state index in [-0.39, 0.29) is 24.0 Å². The van der Waals surface area contributed by atoms with Gasteiger partial charge in [0.2, 0.25) is 0 Å². The van der Waals surface area contributed by atoms with Crippen molar-refractivity contribution < 1.29 is 9.53 Å². The van der Waals surface area contributed by atoms with E-state index in [1.165, 1.54) is 7.11 Å². The number of ether oxygens (including phenoxy) is 1. The zero-order chi connectivity index (χ0) is 15.5. The van der Waals surface area contributed by atoms with Crippen LogP contribution in [0.1, 0.15) is 5.56 Å². The van der Waals surface area contributed by atoms with E-state index in [1.807, 2.05) is 24.3 Å². The van der Waals surface area contributed by atoms with Crippen molar-refractivity contribution in [3.63, 3.8) is 0 Å². The standard InChI is InChI=1S/C14H22N4O2S.HI/c1-15-13(16-8-9-21-3)17-10-11-4-6-12(7-5-11)18-14(19)20-2;/h4-7H,8-10H2,1-3H3,(H,18,19)(H2,15,16,17);1H. The lowest BCUT2D eigenvalue weighted by molar-refractivity contribution is 0.187. The summed E-state index contributed by atoms with van der Waals surface area (Å²) in [7, 11) is 3.08. The van der Waals surface area contributed by atoms with Crippen molar-refractivity contribution in [1.29, 1.82) is 0 Å². The van der Waals surface area contributed by atoms with Crippen LogP contribution in [0.4, 0.5) is 10.5 Å². The average molecular weight is 438 g/mol. The molecule has 0 saturated heterocycles. The van der Waals surface area contributed by atoms with E-state index in [4.69, 9.17) is 0 Å². The van der Waals surface area contributed by atoms with Crippen LogP contribution in [-0.4, -0.2) is 44.8 Å². The van der Waals surface area contributed by atoms with E-state index < -0.39 is 6.09 Å². The van der Waals surface area contributed by atoms with Crippen LogP contribution < -0.4 is 16.0 Å². The van der Waals surface area contributed by atoms with Crippen molar-refractivity contribution >= 4 is 53.5 Å². The molecule has 1 rings (SSSR count). The minimum absolute atomic E-state index is 0. The van der Waals surface area contributed by atoms with Gasteiger partial charge in [-0.1, -0.05) is 12.1 Å². The molecular weight excluding hydrogens is 415 g/mol. The number of anilines is 1. The van der Waals surface area contributed by atoms with Crippen LogP contribution in [0.2, 0.25) is 0 Å². The highest BCUT2D eigenvalue weighted by atomic mass is 127. The number of thioether (sulfide) groups is 1. The molecule has 0 atom stereocenters. The van der Waals surface area contributed by atoms with Crippen molar-refractivity contribution in [1.82, 2.24) is 10.6 Å². The number of nitrogens with one attached hydrogen (secondary N) is 3. The lowest BCUT2D eigenvalue weighted by Crippen LogP contribution is -2.37. The Morgan fingerprint density at radius 1 is 1.27 bits per heavy atom. The van der Waals surface area contributed by atoms with Gasteiger partial charge in [-0.2, -0.15) is 11.8 Å². The summed E-state index contributed by atoms with van der Waals surface area (Å²) in [5.74, 6) is 1.81. The molecule has 1 amide bonds. The Morgan fingerprint density at radius 3 is 2.50 bits per heavy atom. The minimum atomic E-state index is -0.473. The first-order valence-corrected chi connectivity index (χ1v) is 7.96. The predicted molar refractivity (Wildman–Crippen MR) is 104 cm³/mol. The van der Waals surface area contributed by atoms with Crippen molar-refractivity contribution in [2.45, 2.75) is 6.54 Å². The second kappa shape index (κ2) is 12.4. The average Bonchev–Trinajstić information content (AvgIpc) is 2.52. The number of rotatable bonds is 6. The van der Waals surface area contributed by atoms with Crippen LogP contribution in [0.25, 0.3) is 0 Å². The van der Waals surface area contributed by atoms with Gasteiger partial charge < -0.3 is 15.4 Å². The molecule has 0 bridgehead atoms. The zero-order valence-corrected chi connectivity index (χ0v) is 16.2. The number of halogens is 1. The molecule has 124 valence electrons. The molecule has 6 nitrogen and oxygen atoms in total. The number of benzene rings is 1. The number of amides is 1. The molecule has 0 radical (unpaired) electrons. The minimum Gasteiger partial charge on any atom is -0.453 e. The van der Waals surface area contributed by atoms with E-state index in [0.717, 1.165) is 23.8 Å². The molecular formula is C14H23IN4O2S. The Balaban J connectivity index is 0.00000441. The SMILES string of the molecule is CN=C(NCCSC)NCc1ccc(NC(=O)OC)cc1.I. The summed E-state index contributed by atoms with van der Waals surface area (Å²) < 4.78 is 4.54. The van der Waals surface area contributed by atoms with E-state index in [9.17, 15) is 4.79 Å². The number of hydrogen-bond acceptors (Lipinski definition) is 4. The number of hydrogen-bond donors (Lipinski definition) is 3. The number of aliphatic imine (C=N–C) groups is 1. The van der Waals surface area contributed by atoms with Gasteiger partial charge in [-0.05, 0) is 24.0 Å². The molecule has 0 aliphatic carbocycles. The van der Waals surface area contributed by atoms with Crippen LogP contribution in [-0.2, 0) is 11.3 Å². The smallest absolute Gasteiger partial charge is 0.411 e. The molecule has 0 aromatic heterocycles. The summed E-state index contributed by atoms with van der Waals surface area (Å²) in [4.78, 5) is 15.2. The fourth-order valence-corrected chi connectivity index (χ4v) is 1.86. The molecule has 0 fully saturated rings.